The molecule has 9 heteroatoms. The van der Waals surface area contributed by atoms with Crippen LogP contribution < -0.4 is 15.8 Å². The number of amides is 2. The minimum Gasteiger partial charge on any atom is -0.323 e. The molecule has 0 fully saturated rings. The Morgan fingerprint density at radius 3 is 2.28 bits per heavy atom. The van der Waals surface area contributed by atoms with Crippen molar-refractivity contribution in [3.8, 4) is 11.1 Å². The monoisotopic (exact) mass is 450 g/mol. The normalized spacial score (nSPS) is 11.7. The first-order chi connectivity index (χ1) is 15.1. The van der Waals surface area contributed by atoms with Gasteiger partial charge in [0.25, 0.3) is 5.91 Å². The molecule has 0 aliphatic heterocycles. The van der Waals surface area contributed by atoms with Crippen LogP contribution in [0.25, 0.3) is 11.1 Å². The lowest BCUT2D eigenvalue weighted by molar-refractivity contribution is -0.114. The Balaban J connectivity index is 1.68. The first-order valence-corrected chi connectivity index (χ1v) is 11.1. The van der Waals surface area contributed by atoms with Crippen LogP contribution in [0.3, 0.4) is 0 Å². The van der Waals surface area contributed by atoms with Crippen molar-refractivity contribution in [2.24, 2.45) is 5.14 Å². The molecule has 2 amide bonds. The number of hydrogen-bond acceptors (Lipinski definition) is 5. The topological polar surface area (TPSA) is 131 Å². The standard InChI is InChI=1S/C23H22N4O4S/c1-15-7-12-21(25-14-15)27-23(29)16(2)13-22(28)26-18-10-8-17(9-11-18)19-5-3-4-6-20(19)32(24,30)31/h3-14H,1-2H3,(H,26,28)(H2,24,30,31)(H,25,27,29)/b16-13-. The minimum absolute atomic E-state index is 0.0180. The molecule has 4 N–H and O–H groups in total. The smallest absolute Gasteiger partial charge is 0.252 e. The number of carbonyl (C=O) groups is 2. The molecule has 0 atom stereocenters. The van der Waals surface area contributed by atoms with Crippen molar-refractivity contribution >= 4 is 33.3 Å². The van der Waals surface area contributed by atoms with Gasteiger partial charge in [-0.05, 0) is 49.2 Å². The van der Waals surface area contributed by atoms with Crippen molar-refractivity contribution in [2.75, 3.05) is 10.6 Å². The summed E-state index contributed by atoms with van der Waals surface area (Å²) in [5, 5.41) is 10.6. The Kier molecular flexibility index (Phi) is 6.82. The lowest BCUT2D eigenvalue weighted by atomic mass is 10.1. The van der Waals surface area contributed by atoms with Crippen LogP contribution in [0.15, 0.2) is 83.4 Å². The summed E-state index contributed by atoms with van der Waals surface area (Å²) in [5.41, 5.74) is 2.75. The zero-order chi connectivity index (χ0) is 23.3. The van der Waals surface area contributed by atoms with Crippen LogP contribution >= 0.6 is 0 Å². The molecule has 164 valence electrons. The van der Waals surface area contributed by atoms with Crippen molar-refractivity contribution in [1.82, 2.24) is 4.98 Å². The predicted molar refractivity (Wildman–Crippen MR) is 123 cm³/mol. The Hall–Kier alpha value is -3.82. The fraction of sp³-hybridized carbons (Fsp3) is 0.0870. The first kappa shape index (κ1) is 22.9. The Labute approximate surface area is 186 Å². The van der Waals surface area contributed by atoms with Crippen LogP contribution in [-0.4, -0.2) is 25.2 Å². The van der Waals surface area contributed by atoms with Crippen LogP contribution in [0.2, 0.25) is 0 Å². The van der Waals surface area contributed by atoms with Gasteiger partial charge in [-0.15, -0.1) is 0 Å². The highest BCUT2D eigenvalue weighted by molar-refractivity contribution is 7.89. The second kappa shape index (κ2) is 9.54. The number of nitrogens with one attached hydrogen (secondary N) is 2. The Morgan fingerprint density at radius 1 is 0.969 bits per heavy atom. The SMILES string of the molecule is C/C(=C/C(=O)Nc1ccc(-c2ccccc2S(N)(=O)=O)cc1)C(=O)Nc1ccc(C)cn1. The van der Waals surface area contributed by atoms with Gasteiger partial charge in [0, 0.05) is 29.1 Å². The summed E-state index contributed by atoms with van der Waals surface area (Å²) in [6.45, 7) is 3.41. The summed E-state index contributed by atoms with van der Waals surface area (Å²) in [6.07, 6.45) is 2.82. The lowest BCUT2D eigenvalue weighted by Gasteiger charge is -2.09. The molecule has 1 heterocycles. The number of aromatic nitrogens is 1. The van der Waals surface area contributed by atoms with E-state index < -0.39 is 21.8 Å². The van der Waals surface area contributed by atoms with E-state index in [9.17, 15) is 18.0 Å². The molecule has 0 radical (unpaired) electrons. The third kappa shape index (κ3) is 5.87. The fourth-order valence-electron chi connectivity index (χ4n) is 2.88. The number of aryl methyl sites for hydroxylation is 1. The number of nitrogens with zero attached hydrogens (tertiary/aromatic N) is 1. The molecule has 0 saturated heterocycles. The Bertz CT molecular complexity index is 1280. The summed E-state index contributed by atoms with van der Waals surface area (Å²) in [6, 6.07) is 16.5. The highest BCUT2D eigenvalue weighted by Gasteiger charge is 2.14. The van der Waals surface area contributed by atoms with Gasteiger partial charge in [-0.2, -0.15) is 0 Å². The van der Waals surface area contributed by atoms with E-state index in [-0.39, 0.29) is 10.5 Å². The summed E-state index contributed by atoms with van der Waals surface area (Å²) in [7, 11) is -3.88. The van der Waals surface area contributed by atoms with Crippen LogP contribution in [-0.2, 0) is 19.6 Å². The van der Waals surface area contributed by atoms with Gasteiger partial charge >= 0.3 is 0 Å². The highest BCUT2D eigenvalue weighted by Crippen LogP contribution is 2.27. The molecule has 1 aromatic heterocycles. The van der Waals surface area contributed by atoms with E-state index in [0.717, 1.165) is 5.56 Å². The summed E-state index contributed by atoms with van der Waals surface area (Å²) in [5.74, 6) is -0.525. The number of nitrogens with two attached hydrogens (primary N) is 1. The molecule has 32 heavy (non-hydrogen) atoms. The molecule has 0 aliphatic carbocycles. The number of sulfonamides is 1. The molecular weight excluding hydrogens is 428 g/mol. The number of anilines is 2. The van der Waals surface area contributed by atoms with Crippen molar-refractivity contribution < 1.29 is 18.0 Å². The van der Waals surface area contributed by atoms with Crippen LogP contribution in [0.5, 0.6) is 0 Å². The van der Waals surface area contributed by atoms with Crippen LogP contribution in [0.1, 0.15) is 12.5 Å². The summed E-state index contributed by atoms with van der Waals surface area (Å²) < 4.78 is 23.6. The van der Waals surface area contributed by atoms with E-state index in [0.29, 0.717) is 22.6 Å². The van der Waals surface area contributed by atoms with Gasteiger partial charge in [0.05, 0.1) is 4.90 Å². The average molecular weight is 451 g/mol. The zero-order valence-electron chi connectivity index (χ0n) is 17.5. The second-order valence-electron chi connectivity index (χ2n) is 7.11. The molecule has 0 bridgehead atoms. The van der Waals surface area contributed by atoms with Crippen LogP contribution in [0, 0.1) is 6.92 Å². The minimum atomic E-state index is -3.88. The molecule has 0 unspecified atom stereocenters. The molecule has 2 aromatic carbocycles. The van der Waals surface area contributed by atoms with Gasteiger partial charge in [0.15, 0.2) is 0 Å². The molecule has 0 saturated carbocycles. The highest BCUT2D eigenvalue weighted by atomic mass is 32.2. The maximum Gasteiger partial charge on any atom is 0.252 e. The van der Waals surface area contributed by atoms with Gasteiger partial charge in [0.2, 0.25) is 15.9 Å². The molecule has 0 spiro atoms. The summed E-state index contributed by atoms with van der Waals surface area (Å²) in [4.78, 5) is 28.6. The average Bonchev–Trinajstić information content (AvgIpc) is 2.75. The third-order valence-corrected chi connectivity index (χ3v) is 5.48. The van der Waals surface area contributed by atoms with Crippen molar-refractivity contribution in [3.05, 3.63) is 84.1 Å². The van der Waals surface area contributed by atoms with Crippen molar-refractivity contribution in [1.29, 1.82) is 0 Å². The summed E-state index contributed by atoms with van der Waals surface area (Å²) >= 11 is 0. The number of carbonyl (C=O) groups excluding carboxylic acids is 2. The maximum atomic E-state index is 12.3. The molecule has 0 aliphatic rings. The molecule has 3 rings (SSSR count). The first-order valence-electron chi connectivity index (χ1n) is 9.59. The van der Waals surface area contributed by atoms with E-state index in [4.69, 9.17) is 5.14 Å². The van der Waals surface area contributed by atoms with Gasteiger partial charge in [-0.3, -0.25) is 9.59 Å². The quantitative estimate of drug-likeness (QED) is 0.496. The zero-order valence-corrected chi connectivity index (χ0v) is 18.3. The molecular formula is C23H22N4O4S. The van der Waals surface area contributed by atoms with E-state index >= 15 is 0 Å². The fourth-order valence-corrected chi connectivity index (χ4v) is 3.64. The third-order valence-electron chi connectivity index (χ3n) is 4.52. The molecule has 3 aromatic rings. The molecule has 8 nitrogen and oxygen atoms in total. The predicted octanol–water partition coefficient (Wildman–Crippen LogP) is 3.23. The largest absolute Gasteiger partial charge is 0.323 e. The van der Waals surface area contributed by atoms with Gasteiger partial charge in [-0.25, -0.2) is 18.5 Å². The lowest BCUT2D eigenvalue weighted by Crippen LogP contribution is -2.16. The number of rotatable bonds is 6. The van der Waals surface area contributed by atoms with E-state index in [1.54, 1.807) is 54.7 Å². The number of pyridine rings is 1. The number of primary sulfonamides is 1. The van der Waals surface area contributed by atoms with E-state index in [1.807, 2.05) is 13.0 Å². The maximum absolute atomic E-state index is 12.3. The number of hydrogen-bond donors (Lipinski definition) is 3. The van der Waals surface area contributed by atoms with Crippen molar-refractivity contribution in [2.45, 2.75) is 18.7 Å². The number of benzene rings is 2. The van der Waals surface area contributed by atoms with Gasteiger partial charge in [0.1, 0.15) is 5.82 Å². The van der Waals surface area contributed by atoms with E-state index in [1.165, 1.54) is 19.1 Å². The van der Waals surface area contributed by atoms with Crippen LogP contribution in [0.4, 0.5) is 11.5 Å². The van der Waals surface area contributed by atoms with Gasteiger partial charge < -0.3 is 10.6 Å². The van der Waals surface area contributed by atoms with Crippen molar-refractivity contribution in [3.63, 3.8) is 0 Å². The Morgan fingerprint density at radius 2 is 1.66 bits per heavy atom. The van der Waals surface area contributed by atoms with Gasteiger partial charge in [-0.1, -0.05) is 36.4 Å². The second-order valence-corrected chi connectivity index (χ2v) is 8.64. The van der Waals surface area contributed by atoms with E-state index in [2.05, 4.69) is 15.6 Å².